The van der Waals surface area contributed by atoms with Crippen molar-refractivity contribution in [2.75, 3.05) is 20.3 Å². The molecule has 0 saturated carbocycles. The van der Waals surface area contributed by atoms with Crippen LogP contribution in [0.5, 0.6) is 5.75 Å². The molecule has 26 heavy (non-hydrogen) atoms. The Labute approximate surface area is 154 Å². The van der Waals surface area contributed by atoms with Crippen molar-refractivity contribution in [2.24, 2.45) is 0 Å². The molecule has 4 heteroatoms. The smallest absolute Gasteiger partial charge is 0.142 e. The van der Waals surface area contributed by atoms with Crippen LogP contribution in [0.15, 0.2) is 67.0 Å². The minimum absolute atomic E-state index is 0.00717. The lowest BCUT2D eigenvalue weighted by Crippen LogP contribution is -2.23. The summed E-state index contributed by atoms with van der Waals surface area (Å²) in [5, 5.41) is 0. The van der Waals surface area contributed by atoms with E-state index in [0.29, 0.717) is 0 Å². The number of para-hydroxylation sites is 2. The molecule has 0 spiro atoms. The van der Waals surface area contributed by atoms with Gasteiger partial charge in [-0.15, -0.1) is 0 Å². The van der Waals surface area contributed by atoms with E-state index >= 15 is 0 Å². The van der Waals surface area contributed by atoms with Crippen molar-refractivity contribution in [1.82, 2.24) is 9.47 Å². The summed E-state index contributed by atoms with van der Waals surface area (Å²) in [4.78, 5) is 2.38. The highest BCUT2D eigenvalue weighted by Gasteiger charge is 2.27. The number of aromatic nitrogens is 1. The molecule has 0 aliphatic carbocycles. The molecule has 1 fully saturated rings. The first-order valence-electron chi connectivity index (χ1n) is 8.97. The summed E-state index contributed by atoms with van der Waals surface area (Å²) < 4.78 is 13.6. The summed E-state index contributed by atoms with van der Waals surface area (Å²) in [5.74, 6) is 0.860. The minimum atomic E-state index is -0.00717. The second-order valence-electron chi connectivity index (χ2n) is 6.70. The van der Waals surface area contributed by atoms with Gasteiger partial charge in [-0.05, 0) is 30.7 Å². The number of nitrogens with zero attached hydrogens (tertiary/aromatic N) is 2. The second-order valence-corrected chi connectivity index (χ2v) is 6.70. The van der Waals surface area contributed by atoms with E-state index in [9.17, 15) is 0 Å². The quantitative estimate of drug-likeness (QED) is 0.687. The lowest BCUT2D eigenvalue weighted by molar-refractivity contribution is 0.0288. The van der Waals surface area contributed by atoms with Crippen LogP contribution in [0, 0.1) is 6.92 Å². The summed E-state index contributed by atoms with van der Waals surface area (Å²) in [6.07, 6.45) is 4.20. The van der Waals surface area contributed by atoms with Gasteiger partial charge in [0.05, 0.1) is 19.4 Å². The minimum Gasteiger partial charge on any atom is -0.495 e. The second kappa shape index (κ2) is 7.36. The molecule has 0 radical (unpaired) electrons. The number of aryl methyl sites for hydroxylation is 1. The highest BCUT2D eigenvalue weighted by atomic mass is 16.5. The topological polar surface area (TPSA) is 26.6 Å². The molecule has 2 heterocycles. The predicted molar refractivity (Wildman–Crippen MR) is 103 cm³/mol. The summed E-state index contributed by atoms with van der Waals surface area (Å²) in [6.45, 7) is 4.71. The zero-order chi connectivity index (χ0) is 17.9. The highest BCUT2D eigenvalue weighted by Crippen LogP contribution is 2.31. The van der Waals surface area contributed by atoms with E-state index in [2.05, 4.69) is 65.2 Å². The summed E-state index contributed by atoms with van der Waals surface area (Å²) in [5.41, 5.74) is 4.80. The van der Waals surface area contributed by atoms with E-state index in [-0.39, 0.29) is 6.23 Å². The van der Waals surface area contributed by atoms with Gasteiger partial charge in [0.1, 0.15) is 12.0 Å². The molecule has 1 saturated heterocycles. The van der Waals surface area contributed by atoms with E-state index in [0.717, 1.165) is 31.1 Å². The molecule has 0 amide bonds. The van der Waals surface area contributed by atoms with Crippen molar-refractivity contribution >= 4 is 0 Å². The molecule has 4 rings (SSSR count). The number of hydrogen-bond donors (Lipinski definition) is 0. The van der Waals surface area contributed by atoms with E-state index in [4.69, 9.17) is 9.47 Å². The van der Waals surface area contributed by atoms with Crippen LogP contribution in [-0.4, -0.2) is 29.7 Å². The Balaban J connectivity index is 1.55. The van der Waals surface area contributed by atoms with Gasteiger partial charge in [0.2, 0.25) is 0 Å². The first-order chi connectivity index (χ1) is 12.7. The molecule has 3 aromatic rings. The fraction of sp³-hybridized carbons (Fsp3) is 0.273. The Morgan fingerprint density at radius 3 is 2.69 bits per heavy atom. The average molecular weight is 348 g/mol. The zero-order valence-corrected chi connectivity index (χ0v) is 15.3. The van der Waals surface area contributed by atoms with Gasteiger partial charge in [-0.3, -0.25) is 4.90 Å². The van der Waals surface area contributed by atoms with Crippen molar-refractivity contribution in [3.8, 4) is 11.4 Å². The Morgan fingerprint density at radius 2 is 1.88 bits per heavy atom. The van der Waals surface area contributed by atoms with Crippen molar-refractivity contribution in [2.45, 2.75) is 19.7 Å². The first-order valence-corrected chi connectivity index (χ1v) is 8.97. The van der Waals surface area contributed by atoms with Crippen molar-refractivity contribution in [3.63, 3.8) is 0 Å². The maximum absolute atomic E-state index is 6.03. The van der Waals surface area contributed by atoms with Gasteiger partial charge >= 0.3 is 0 Å². The number of benzene rings is 2. The highest BCUT2D eigenvalue weighted by molar-refractivity contribution is 5.47. The molecule has 0 N–H and O–H groups in total. The van der Waals surface area contributed by atoms with E-state index in [1.165, 1.54) is 16.7 Å². The zero-order valence-electron chi connectivity index (χ0n) is 15.3. The molecule has 1 aliphatic rings. The van der Waals surface area contributed by atoms with Gasteiger partial charge in [0.25, 0.3) is 0 Å². The average Bonchev–Trinajstić information content (AvgIpc) is 3.33. The van der Waals surface area contributed by atoms with Crippen LogP contribution in [0.25, 0.3) is 5.69 Å². The largest absolute Gasteiger partial charge is 0.495 e. The van der Waals surface area contributed by atoms with Crippen molar-refractivity contribution < 1.29 is 9.47 Å². The van der Waals surface area contributed by atoms with Crippen LogP contribution in [0.1, 0.15) is 22.9 Å². The molecule has 1 aliphatic heterocycles. The monoisotopic (exact) mass is 348 g/mol. The molecular weight excluding hydrogens is 324 g/mol. The molecular formula is C22H24N2O2. The van der Waals surface area contributed by atoms with Crippen LogP contribution in [0.4, 0.5) is 0 Å². The molecule has 1 atom stereocenters. The van der Waals surface area contributed by atoms with Crippen LogP contribution < -0.4 is 4.74 Å². The van der Waals surface area contributed by atoms with Gasteiger partial charge in [-0.25, -0.2) is 0 Å². The third kappa shape index (κ3) is 3.39. The lowest BCUT2D eigenvalue weighted by atomic mass is 10.1. The van der Waals surface area contributed by atoms with Crippen molar-refractivity contribution in [3.05, 3.63) is 83.7 Å². The Bertz CT molecular complexity index is 870. The van der Waals surface area contributed by atoms with Gasteiger partial charge < -0.3 is 14.0 Å². The standard InChI is InChI=1S/C22H24N2O2/c1-17-7-9-18(10-8-17)15-24-13-14-26-22(24)19-11-12-23(16-19)20-5-3-4-6-21(20)25-2/h3-12,16,22H,13-15H2,1-2H3/t22-/m0/s1. The molecule has 0 bridgehead atoms. The molecule has 4 nitrogen and oxygen atoms in total. The summed E-state index contributed by atoms with van der Waals surface area (Å²) >= 11 is 0. The SMILES string of the molecule is COc1ccccc1-n1ccc([C@@H]2OCCN2Cc2ccc(C)cc2)c1. The van der Waals surface area contributed by atoms with Crippen LogP contribution in [-0.2, 0) is 11.3 Å². The van der Waals surface area contributed by atoms with Crippen LogP contribution >= 0.6 is 0 Å². The molecule has 2 aromatic carbocycles. The van der Waals surface area contributed by atoms with Gasteiger partial charge in [0.15, 0.2) is 0 Å². The Kier molecular flexibility index (Phi) is 4.78. The maximum atomic E-state index is 6.03. The van der Waals surface area contributed by atoms with E-state index in [1.807, 2.05) is 18.2 Å². The van der Waals surface area contributed by atoms with Crippen LogP contribution in [0.2, 0.25) is 0 Å². The molecule has 1 aromatic heterocycles. The maximum Gasteiger partial charge on any atom is 0.142 e. The van der Waals surface area contributed by atoms with Crippen LogP contribution in [0.3, 0.4) is 0 Å². The molecule has 0 unspecified atom stereocenters. The predicted octanol–water partition coefficient (Wildman–Crippen LogP) is 4.33. The van der Waals surface area contributed by atoms with Gasteiger partial charge in [-0.2, -0.15) is 0 Å². The number of rotatable bonds is 5. The third-order valence-electron chi connectivity index (χ3n) is 4.86. The van der Waals surface area contributed by atoms with Gasteiger partial charge in [-0.1, -0.05) is 42.0 Å². The number of methoxy groups -OCH3 is 1. The van der Waals surface area contributed by atoms with Gasteiger partial charge in [0, 0.05) is 31.0 Å². The fourth-order valence-corrected chi connectivity index (χ4v) is 3.45. The molecule has 134 valence electrons. The lowest BCUT2D eigenvalue weighted by Gasteiger charge is -2.22. The normalized spacial score (nSPS) is 17.5. The number of hydrogen-bond acceptors (Lipinski definition) is 3. The Hall–Kier alpha value is -2.56. The summed E-state index contributed by atoms with van der Waals surface area (Å²) in [6, 6.07) is 18.9. The summed E-state index contributed by atoms with van der Waals surface area (Å²) in [7, 11) is 1.70. The van der Waals surface area contributed by atoms with E-state index < -0.39 is 0 Å². The first kappa shape index (κ1) is 16.9. The van der Waals surface area contributed by atoms with E-state index in [1.54, 1.807) is 7.11 Å². The fourth-order valence-electron chi connectivity index (χ4n) is 3.45. The van der Waals surface area contributed by atoms with Crippen molar-refractivity contribution in [1.29, 1.82) is 0 Å². The number of ether oxygens (including phenoxy) is 2. The third-order valence-corrected chi connectivity index (χ3v) is 4.86. The Morgan fingerprint density at radius 1 is 1.08 bits per heavy atom.